The quantitative estimate of drug-likeness (QED) is 0.633. The lowest BCUT2D eigenvalue weighted by Gasteiger charge is -2.19. The van der Waals surface area contributed by atoms with Crippen molar-refractivity contribution < 1.29 is 14.3 Å². The molecule has 0 aliphatic heterocycles. The van der Waals surface area contributed by atoms with Crippen LogP contribution < -0.4 is 15.8 Å². The van der Waals surface area contributed by atoms with Gasteiger partial charge in [-0.2, -0.15) is 0 Å². The molecule has 5 heteroatoms. The molecule has 1 aromatic rings. The highest BCUT2D eigenvalue weighted by molar-refractivity contribution is 5.72. The predicted molar refractivity (Wildman–Crippen MR) is 71.7 cm³/mol. The van der Waals surface area contributed by atoms with Crippen molar-refractivity contribution >= 4 is 17.3 Å². The number of rotatable bonds is 4. The van der Waals surface area contributed by atoms with Crippen molar-refractivity contribution in [2.75, 3.05) is 24.7 Å². The Hall–Kier alpha value is -1.91. The van der Waals surface area contributed by atoms with Crippen LogP contribution in [0.15, 0.2) is 18.2 Å². The molecule has 0 aromatic heterocycles. The van der Waals surface area contributed by atoms with Crippen LogP contribution in [0, 0.1) is 0 Å². The topological polar surface area (TPSA) is 73.6 Å². The van der Waals surface area contributed by atoms with Crippen LogP contribution in [0.25, 0.3) is 0 Å². The zero-order chi connectivity index (χ0) is 13.8. The van der Waals surface area contributed by atoms with E-state index in [-0.39, 0.29) is 6.61 Å². The van der Waals surface area contributed by atoms with E-state index >= 15 is 0 Å². The van der Waals surface area contributed by atoms with Crippen molar-refractivity contribution in [3.05, 3.63) is 18.2 Å². The van der Waals surface area contributed by atoms with E-state index in [1.807, 2.05) is 20.8 Å². The number of benzene rings is 1. The van der Waals surface area contributed by atoms with Crippen LogP contribution in [0.3, 0.4) is 0 Å². The van der Waals surface area contributed by atoms with Gasteiger partial charge in [0.25, 0.3) is 0 Å². The van der Waals surface area contributed by atoms with E-state index in [0.29, 0.717) is 11.4 Å². The molecule has 3 N–H and O–H groups in total. The van der Waals surface area contributed by atoms with Gasteiger partial charge in [-0.3, -0.25) is 0 Å². The molecule has 0 radical (unpaired) electrons. The summed E-state index contributed by atoms with van der Waals surface area (Å²) in [7, 11) is 1.77. The van der Waals surface area contributed by atoms with Crippen LogP contribution in [0.4, 0.5) is 11.4 Å². The number of carbonyl (C=O) groups is 1. The Morgan fingerprint density at radius 1 is 1.39 bits per heavy atom. The van der Waals surface area contributed by atoms with Crippen LogP contribution in [0.1, 0.15) is 20.8 Å². The molecule has 0 atom stereocenters. The average molecular weight is 252 g/mol. The highest BCUT2D eigenvalue weighted by atomic mass is 16.6. The molecule has 0 saturated heterocycles. The zero-order valence-electron chi connectivity index (χ0n) is 11.2. The number of nitrogens with one attached hydrogen (secondary N) is 1. The maximum absolute atomic E-state index is 11.5. The summed E-state index contributed by atoms with van der Waals surface area (Å²) in [4.78, 5) is 11.5. The average Bonchev–Trinajstić information content (AvgIpc) is 2.25. The Morgan fingerprint density at radius 3 is 2.61 bits per heavy atom. The van der Waals surface area contributed by atoms with Crippen molar-refractivity contribution in [1.82, 2.24) is 0 Å². The first-order chi connectivity index (χ1) is 8.31. The summed E-state index contributed by atoms with van der Waals surface area (Å²) >= 11 is 0. The maximum Gasteiger partial charge on any atom is 0.344 e. The SMILES string of the molecule is CNc1cc(OCC(=O)OC(C)(C)C)ccc1N. The molecule has 18 heavy (non-hydrogen) atoms. The van der Waals surface area contributed by atoms with Crippen molar-refractivity contribution in [3.63, 3.8) is 0 Å². The van der Waals surface area contributed by atoms with E-state index in [9.17, 15) is 4.79 Å². The van der Waals surface area contributed by atoms with Gasteiger partial charge in [0, 0.05) is 13.1 Å². The fourth-order valence-corrected chi connectivity index (χ4v) is 1.35. The highest BCUT2D eigenvalue weighted by Crippen LogP contribution is 2.24. The maximum atomic E-state index is 11.5. The molecule has 0 fully saturated rings. The molecule has 0 amide bonds. The minimum absolute atomic E-state index is 0.121. The Labute approximate surface area is 107 Å². The summed E-state index contributed by atoms with van der Waals surface area (Å²) in [5.41, 5.74) is 6.61. The third-order valence-corrected chi connectivity index (χ3v) is 2.07. The summed E-state index contributed by atoms with van der Waals surface area (Å²) in [5, 5.41) is 2.94. The fraction of sp³-hybridized carbons (Fsp3) is 0.462. The lowest BCUT2D eigenvalue weighted by atomic mass is 10.2. The van der Waals surface area contributed by atoms with Gasteiger partial charge < -0.3 is 20.5 Å². The number of nitrogens with two attached hydrogens (primary N) is 1. The Balaban J connectivity index is 2.56. The number of hydrogen-bond acceptors (Lipinski definition) is 5. The van der Waals surface area contributed by atoms with Gasteiger partial charge in [0.1, 0.15) is 11.4 Å². The lowest BCUT2D eigenvalue weighted by Crippen LogP contribution is -2.27. The lowest BCUT2D eigenvalue weighted by molar-refractivity contribution is -0.157. The third kappa shape index (κ3) is 4.53. The van der Waals surface area contributed by atoms with Crippen LogP contribution in [-0.2, 0) is 9.53 Å². The Kier molecular flexibility index (Phi) is 4.42. The van der Waals surface area contributed by atoms with E-state index in [4.69, 9.17) is 15.2 Å². The van der Waals surface area contributed by atoms with Gasteiger partial charge in [0.15, 0.2) is 6.61 Å². The summed E-state index contributed by atoms with van der Waals surface area (Å²) < 4.78 is 10.5. The molecule has 100 valence electrons. The molecule has 1 rings (SSSR count). The highest BCUT2D eigenvalue weighted by Gasteiger charge is 2.16. The largest absolute Gasteiger partial charge is 0.482 e. The molecule has 0 unspecified atom stereocenters. The predicted octanol–water partition coefficient (Wildman–Crippen LogP) is 2.03. The molecule has 1 aromatic carbocycles. The second kappa shape index (κ2) is 5.62. The van der Waals surface area contributed by atoms with Crippen molar-refractivity contribution in [1.29, 1.82) is 0 Å². The first-order valence-corrected chi connectivity index (χ1v) is 5.74. The van der Waals surface area contributed by atoms with Gasteiger partial charge in [-0.15, -0.1) is 0 Å². The number of carbonyl (C=O) groups excluding carboxylic acids is 1. The van der Waals surface area contributed by atoms with E-state index in [1.54, 1.807) is 25.2 Å². The summed E-state index contributed by atoms with van der Waals surface area (Å²) in [6.07, 6.45) is 0. The molecule has 0 spiro atoms. The summed E-state index contributed by atoms with van der Waals surface area (Å²) in [6, 6.07) is 5.16. The number of anilines is 2. The molecular formula is C13H20N2O3. The van der Waals surface area contributed by atoms with E-state index in [2.05, 4.69) is 5.32 Å². The number of ether oxygens (including phenoxy) is 2. The normalized spacial score (nSPS) is 10.9. The monoisotopic (exact) mass is 252 g/mol. The van der Waals surface area contributed by atoms with Crippen LogP contribution in [0.2, 0.25) is 0 Å². The number of nitrogen functional groups attached to an aromatic ring is 1. The van der Waals surface area contributed by atoms with E-state index < -0.39 is 11.6 Å². The number of esters is 1. The third-order valence-electron chi connectivity index (χ3n) is 2.07. The van der Waals surface area contributed by atoms with Crippen molar-refractivity contribution in [2.45, 2.75) is 26.4 Å². The molecular weight excluding hydrogens is 232 g/mol. The second-order valence-electron chi connectivity index (χ2n) is 4.87. The van der Waals surface area contributed by atoms with Crippen molar-refractivity contribution in [2.24, 2.45) is 0 Å². The molecule has 0 aliphatic rings. The van der Waals surface area contributed by atoms with Crippen molar-refractivity contribution in [3.8, 4) is 5.75 Å². The van der Waals surface area contributed by atoms with Gasteiger partial charge >= 0.3 is 5.97 Å². The Morgan fingerprint density at radius 2 is 2.06 bits per heavy atom. The number of hydrogen-bond donors (Lipinski definition) is 2. The van der Waals surface area contributed by atoms with E-state index in [0.717, 1.165) is 5.69 Å². The smallest absolute Gasteiger partial charge is 0.344 e. The van der Waals surface area contributed by atoms with Gasteiger partial charge in [-0.25, -0.2) is 4.79 Å². The van der Waals surface area contributed by atoms with Crippen LogP contribution in [-0.4, -0.2) is 25.2 Å². The minimum Gasteiger partial charge on any atom is -0.482 e. The second-order valence-corrected chi connectivity index (χ2v) is 4.87. The Bertz CT molecular complexity index is 425. The standard InChI is InChI=1S/C13H20N2O3/c1-13(2,3)18-12(16)8-17-9-5-6-10(14)11(7-9)15-4/h5-7,15H,8,14H2,1-4H3. The van der Waals surface area contributed by atoms with Gasteiger partial charge in [0.05, 0.1) is 11.4 Å². The van der Waals surface area contributed by atoms with Gasteiger partial charge in [0.2, 0.25) is 0 Å². The first kappa shape index (κ1) is 14.2. The molecule has 5 nitrogen and oxygen atoms in total. The summed E-state index contributed by atoms with van der Waals surface area (Å²) in [5.74, 6) is 0.171. The molecule has 0 bridgehead atoms. The van der Waals surface area contributed by atoms with Crippen LogP contribution in [0.5, 0.6) is 5.75 Å². The van der Waals surface area contributed by atoms with Gasteiger partial charge in [-0.1, -0.05) is 0 Å². The van der Waals surface area contributed by atoms with E-state index in [1.165, 1.54) is 0 Å². The molecule has 0 saturated carbocycles. The molecule has 0 heterocycles. The fourth-order valence-electron chi connectivity index (χ4n) is 1.35. The zero-order valence-corrected chi connectivity index (χ0v) is 11.2. The first-order valence-electron chi connectivity index (χ1n) is 5.74. The minimum atomic E-state index is -0.502. The molecule has 0 aliphatic carbocycles. The van der Waals surface area contributed by atoms with Gasteiger partial charge in [-0.05, 0) is 32.9 Å². The van der Waals surface area contributed by atoms with Crippen LogP contribution >= 0.6 is 0 Å². The summed E-state index contributed by atoms with van der Waals surface area (Å²) in [6.45, 7) is 5.32.